The Morgan fingerprint density at radius 1 is 0.950 bits per heavy atom. The summed E-state index contributed by atoms with van der Waals surface area (Å²) in [7, 11) is -2.13. The fourth-order valence-electron chi connectivity index (χ4n) is 4.34. The number of aromatic nitrogens is 1. The van der Waals surface area contributed by atoms with Crippen molar-refractivity contribution in [3.05, 3.63) is 111 Å². The van der Waals surface area contributed by atoms with Crippen LogP contribution >= 0.6 is 0 Å². The molecule has 0 aliphatic rings. The van der Waals surface area contributed by atoms with Gasteiger partial charge in [-0.2, -0.15) is 5.26 Å². The Morgan fingerprint density at radius 2 is 1.68 bits per heavy atom. The molecule has 0 saturated carbocycles. The Morgan fingerprint density at radius 3 is 2.35 bits per heavy atom. The van der Waals surface area contributed by atoms with Crippen LogP contribution in [-0.2, 0) is 17.5 Å². The Hall–Kier alpha value is -3.70. The molecule has 40 heavy (non-hydrogen) atoms. The molecule has 0 aliphatic carbocycles. The third kappa shape index (κ3) is 7.27. The highest BCUT2D eigenvalue weighted by Crippen LogP contribution is 2.41. The number of aromatic amines is 1. The molecule has 1 unspecified atom stereocenters. The average Bonchev–Trinajstić information content (AvgIpc) is 2.93. The molecule has 0 saturated heterocycles. The van der Waals surface area contributed by atoms with Crippen molar-refractivity contribution in [2.45, 2.75) is 58.0 Å². The maximum Gasteiger partial charge on any atom is 0.248 e. The molecular formula is C33H39N3O3Si. The molecule has 1 aromatic heterocycles. The molecule has 2 N–H and O–H groups in total. The van der Waals surface area contributed by atoms with Gasteiger partial charge in [-0.3, -0.25) is 4.79 Å². The van der Waals surface area contributed by atoms with E-state index in [4.69, 9.17) is 14.4 Å². The molecule has 0 aliphatic heterocycles. The van der Waals surface area contributed by atoms with Crippen molar-refractivity contribution in [1.82, 2.24) is 10.3 Å². The van der Waals surface area contributed by atoms with Crippen molar-refractivity contribution >= 4 is 19.2 Å². The Balaban J connectivity index is 1.60. The minimum Gasteiger partial charge on any atom is -0.487 e. The highest BCUT2D eigenvalue weighted by molar-refractivity contribution is 6.74. The number of rotatable bonds is 11. The second-order valence-electron chi connectivity index (χ2n) is 11.7. The number of benzene rings is 3. The van der Waals surface area contributed by atoms with Crippen LogP contribution in [-0.4, -0.2) is 26.4 Å². The van der Waals surface area contributed by atoms with Crippen LogP contribution in [0.3, 0.4) is 0 Å². The van der Waals surface area contributed by atoms with Crippen LogP contribution < -0.4 is 15.6 Å². The lowest BCUT2D eigenvalue weighted by atomic mass is 10.0. The van der Waals surface area contributed by atoms with Crippen LogP contribution in [0.1, 0.15) is 49.1 Å². The second-order valence-corrected chi connectivity index (χ2v) is 16.4. The quantitative estimate of drug-likeness (QED) is 0.156. The molecule has 0 radical (unpaired) electrons. The number of ether oxygens (including phenoxy) is 1. The Bertz CT molecular complexity index is 1520. The average molecular weight is 554 g/mol. The summed E-state index contributed by atoms with van der Waals surface area (Å²) in [5.41, 5.74) is 4.44. The molecule has 4 rings (SSSR count). The predicted molar refractivity (Wildman–Crippen MR) is 164 cm³/mol. The van der Waals surface area contributed by atoms with E-state index >= 15 is 0 Å². The fourth-order valence-corrected chi connectivity index (χ4v) is 5.62. The highest BCUT2D eigenvalue weighted by atomic mass is 28.4. The third-order valence-electron chi connectivity index (χ3n) is 7.72. The van der Waals surface area contributed by atoms with Gasteiger partial charge in [-0.25, -0.2) is 0 Å². The zero-order chi connectivity index (χ0) is 28.8. The van der Waals surface area contributed by atoms with Gasteiger partial charge in [-0.05, 0) is 72.1 Å². The van der Waals surface area contributed by atoms with Crippen molar-refractivity contribution in [2.24, 2.45) is 0 Å². The lowest BCUT2D eigenvalue weighted by molar-refractivity contribution is 0.182. The molecule has 3 aromatic carbocycles. The molecule has 6 nitrogen and oxygen atoms in total. The fraction of sp³-hybridized carbons (Fsp3) is 0.333. The highest BCUT2D eigenvalue weighted by Gasteiger charge is 2.39. The normalized spacial score (nSPS) is 12.7. The molecular weight excluding hydrogens is 514 g/mol. The first-order valence-corrected chi connectivity index (χ1v) is 16.7. The van der Waals surface area contributed by atoms with Gasteiger partial charge < -0.3 is 19.5 Å². The summed E-state index contributed by atoms with van der Waals surface area (Å²) in [4.78, 5) is 15.4. The van der Waals surface area contributed by atoms with E-state index in [1.165, 1.54) is 5.56 Å². The van der Waals surface area contributed by atoms with Gasteiger partial charge >= 0.3 is 0 Å². The van der Waals surface area contributed by atoms with Crippen molar-refractivity contribution in [3.63, 3.8) is 0 Å². The lowest BCUT2D eigenvalue weighted by Crippen LogP contribution is -2.43. The smallest absolute Gasteiger partial charge is 0.248 e. The van der Waals surface area contributed by atoms with Crippen LogP contribution in [0.2, 0.25) is 18.1 Å². The number of nitriles is 1. The number of hydrogen-bond acceptors (Lipinski definition) is 5. The molecule has 0 fully saturated rings. The van der Waals surface area contributed by atoms with Gasteiger partial charge in [-0.1, -0.05) is 69.3 Å². The van der Waals surface area contributed by atoms with Gasteiger partial charge in [0, 0.05) is 18.0 Å². The molecule has 4 aromatic rings. The zero-order valence-corrected chi connectivity index (χ0v) is 25.1. The van der Waals surface area contributed by atoms with Gasteiger partial charge in [0.25, 0.3) is 0 Å². The summed E-state index contributed by atoms with van der Waals surface area (Å²) in [6.07, 6.45) is 0.636. The number of nitrogens with one attached hydrogen (secondary N) is 2. The van der Waals surface area contributed by atoms with Crippen LogP contribution in [0.15, 0.2) is 83.7 Å². The monoisotopic (exact) mass is 553 g/mol. The maximum atomic E-state index is 12.4. The summed E-state index contributed by atoms with van der Waals surface area (Å²) in [6, 6.07) is 27.3. The third-order valence-corrected chi connectivity index (χ3v) is 12.2. The van der Waals surface area contributed by atoms with Gasteiger partial charge in [0.2, 0.25) is 5.56 Å². The Kier molecular flexibility index (Phi) is 9.26. The van der Waals surface area contributed by atoms with Crippen molar-refractivity contribution in [1.29, 1.82) is 5.26 Å². The van der Waals surface area contributed by atoms with Gasteiger partial charge in [-0.15, -0.1) is 0 Å². The van der Waals surface area contributed by atoms with E-state index in [-0.39, 0.29) is 16.7 Å². The molecule has 0 spiro atoms. The first-order chi connectivity index (χ1) is 19.1. The second kappa shape index (κ2) is 12.6. The van der Waals surface area contributed by atoms with Gasteiger partial charge in [0.15, 0.2) is 8.32 Å². The summed E-state index contributed by atoms with van der Waals surface area (Å²) >= 11 is 0. The number of H-pyrrole nitrogens is 1. The zero-order valence-electron chi connectivity index (χ0n) is 24.1. The van der Waals surface area contributed by atoms with Crippen LogP contribution in [0.25, 0.3) is 10.9 Å². The van der Waals surface area contributed by atoms with E-state index in [0.717, 1.165) is 29.5 Å². The molecule has 1 heterocycles. The maximum absolute atomic E-state index is 12.4. The summed E-state index contributed by atoms with van der Waals surface area (Å²) in [5.74, 6) is 0.639. The Labute approximate surface area is 238 Å². The van der Waals surface area contributed by atoms with E-state index in [1.807, 2.05) is 66.7 Å². The molecule has 1 atom stereocenters. The summed E-state index contributed by atoms with van der Waals surface area (Å²) < 4.78 is 13.2. The minimum atomic E-state index is -2.13. The van der Waals surface area contributed by atoms with Gasteiger partial charge in [0.1, 0.15) is 12.4 Å². The van der Waals surface area contributed by atoms with Crippen molar-refractivity contribution < 1.29 is 9.16 Å². The number of pyridine rings is 1. The SMILES string of the molecule is CC(C)(C)[Si](C)(C)OC(CNCCc1ccc(C#N)cc1)c1ccc(OCc2ccccc2)c2[nH]c(=O)ccc12. The van der Waals surface area contributed by atoms with Gasteiger partial charge in [0.05, 0.1) is 23.3 Å². The van der Waals surface area contributed by atoms with E-state index in [1.54, 1.807) is 6.07 Å². The van der Waals surface area contributed by atoms with Crippen LogP contribution in [0, 0.1) is 11.3 Å². The van der Waals surface area contributed by atoms with E-state index in [9.17, 15) is 4.79 Å². The van der Waals surface area contributed by atoms with Crippen molar-refractivity contribution in [2.75, 3.05) is 13.1 Å². The lowest BCUT2D eigenvalue weighted by Gasteiger charge is -2.39. The standard InChI is InChI=1S/C33H39N3O3Si/c1-33(2,3)40(4,5)39-30(22-35-20-19-24-11-13-25(21-34)14-12-24)27-15-17-29(32-28(27)16-18-31(37)36-32)38-23-26-9-7-6-8-10-26/h6-18,30,35H,19-20,22-23H2,1-5H3,(H,36,37). The van der Waals surface area contributed by atoms with Crippen LogP contribution in [0.4, 0.5) is 0 Å². The molecule has 7 heteroatoms. The number of hydrogen-bond donors (Lipinski definition) is 2. The summed E-state index contributed by atoms with van der Waals surface area (Å²) in [6.45, 7) is 13.1. The van der Waals surface area contributed by atoms with E-state index in [0.29, 0.717) is 30.0 Å². The minimum absolute atomic E-state index is 0.0383. The van der Waals surface area contributed by atoms with E-state index < -0.39 is 8.32 Å². The molecule has 0 bridgehead atoms. The molecule has 0 amide bonds. The number of nitrogens with zero attached hydrogens (tertiary/aromatic N) is 1. The summed E-state index contributed by atoms with van der Waals surface area (Å²) in [5, 5.41) is 13.6. The molecule has 208 valence electrons. The van der Waals surface area contributed by atoms with Crippen LogP contribution in [0.5, 0.6) is 5.75 Å². The predicted octanol–water partition coefficient (Wildman–Crippen LogP) is 6.87. The largest absolute Gasteiger partial charge is 0.487 e. The first kappa shape index (κ1) is 29.3. The van der Waals surface area contributed by atoms with Crippen molar-refractivity contribution in [3.8, 4) is 11.8 Å². The number of fused-ring (bicyclic) bond motifs is 1. The van der Waals surface area contributed by atoms with E-state index in [2.05, 4.69) is 56.3 Å². The first-order valence-electron chi connectivity index (χ1n) is 13.8. The topological polar surface area (TPSA) is 87.1 Å².